The smallest absolute Gasteiger partial charge is 0.230 e. The number of rotatable bonds is 7. The van der Waals surface area contributed by atoms with Gasteiger partial charge in [-0.05, 0) is 54.8 Å². The zero-order valence-electron chi connectivity index (χ0n) is 18.0. The van der Waals surface area contributed by atoms with E-state index >= 15 is 0 Å². The summed E-state index contributed by atoms with van der Waals surface area (Å²) in [5, 5.41) is 8.03. The van der Waals surface area contributed by atoms with Gasteiger partial charge in [0.15, 0.2) is 0 Å². The molecule has 0 bridgehead atoms. The maximum Gasteiger partial charge on any atom is 0.230 e. The summed E-state index contributed by atoms with van der Waals surface area (Å²) in [4.78, 5) is 13.2. The molecular weight excluding hydrogens is 398 g/mol. The van der Waals surface area contributed by atoms with Gasteiger partial charge >= 0.3 is 0 Å². The number of nitrogens with one attached hydrogen (secondary N) is 1. The monoisotopic (exact) mass is 423 g/mol. The Kier molecular flexibility index (Phi) is 5.23. The lowest BCUT2D eigenvalue weighted by Gasteiger charge is -2.15. The largest absolute Gasteiger partial charge is 0.497 e. The van der Waals surface area contributed by atoms with Crippen molar-refractivity contribution in [2.45, 2.75) is 24.8 Å². The van der Waals surface area contributed by atoms with Crippen LogP contribution in [0.4, 0.5) is 0 Å². The number of hydrogen-bond donors (Lipinski definition) is 1. The normalized spacial score (nSPS) is 14.0. The van der Waals surface area contributed by atoms with Crippen LogP contribution in [0.25, 0.3) is 16.9 Å². The van der Waals surface area contributed by atoms with Gasteiger partial charge in [-0.2, -0.15) is 5.10 Å². The molecule has 3 aromatic carbocycles. The lowest BCUT2D eigenvalue weighted by molar-refractivity contribution is -0.123. The molecule has 5 heteroatoms. The zero-order chi connectivity index (χ0) is 22.0. The second-order valence-corrected chi connectivity index (χ2v) is 8.14. The molecule has 0 unspecified atom stereocenters. The summed E-state index contributed by atoms with van der Waals surface area (Å²) in [7, 11) is 1.65. The molecular formula is C27H25N3O2. The maximum absolute atomic E-state index is 13.2. The molecule has 0 radical (unpaired) electrons. The SMILES string of the molecule is COc1ccc(-c2nn(-c3ccccc3)cc2CNC(=O)C2(c3ccccc3)CC2)cc1. The summed E-state index contributed by atoms with van der Waals surface area (Å²) < 4.78 is 7.16. The summed E-state index contributed by atoms with van der Waals surface area (Å²) in [6.45, 7) is 0.418. The average Bonchev–Trinajstić information content (AvgIpc) is 3.57. The van der Waals surface area contributed by atoms with E-state index in [1.54, 1.807) is 7.11 Å². The van der Waals surface area contributed by atoms with Gasteiger partial charge < -0.3 is 10.1 Å². The molecule has 1 aliphatic rings. The average molecular weight is 424 g/mol. The van der Waals surface area contributed by atoms with Crippen LogP contribution in [0.1, 0.15) is 24.0 Å². The van der Waals surface area contributed by atoms with E-state index in [0.717, 1.165) is 46.7 Å². The van der Waals surface area contributed by atoms with Crippen LogP contribution in [-0.2, 0) is 16.8 Å². The third-order valence-corrected chi connectivity index (χ3v) is 6.12. The predicted octanol–water partition coefficient (Wildman–Crippen LogP) is 4.90. The number of amides is 1. The molecule has 1 heterocycles. The van der Waals surface area contributed by atoms with Gasteiger partial charge in [-0.3, -0.25) is 4.79 Å². The highest BCUT2D eigenvalue weighted by atomic mass is 16.5. The Hall–Kier alpha value is -3.86. The van der Waals surface area contributed by atoms with Gasteiger partial charge in [0.25, 0.3) is 0 Å². The number of nitrogens with zero attached hydrogens (tertiary/aromatic N) is 2. The maximum atomic E-state index is 13.2. The number of benzene rings is 3. The number of methoxy groups -OCH3 is 1. The minimum absolute atomic E-state index is 0.0804. The Balaban J connectivity index is 1.43. The molecule has 4 aromatic rings. The van der Waals surface area contributed by atoms with Gasteiger partial charge in [-0.15, -0.1) is 0 Å². The lowest BCUT2D eigenvalue weighted by Crippen LogP contribution is -2.34. The van der Waals surface area contributed by atoms with Gasteiger partial charge in [-0.25, -0.2) is 4.68 Å². The van der Waals surface area contributed by atoms with Crippen LogP contribution < -0.4 is 10.1 Å². The molecule has 1 aromatic heterocycles. The quantitative estimate of drug-likeness (QED) is 0.460. The molecule has 1 N–H and O–H groups in total. The van der Waals surface area contributed by atoms with Crippen LogP contribution in [0.3, 0.4) is 0 Å². The van der Waals surface area contributed by atoms with Crippen LogP contribution in [0.5, 0.6) is 5.75 Å². The van der Waals surface area contributed by atoms with E-state index in [2.05, 4.69) is 5.32 Å². The summed E-state index contributed by atoms with van der Waals surface area (Å²) >= 11 is 0. The van der Waals surface area contributed by atoms with Crippen molar-refractivity contribution < 1.29 is 9.53 Å². The number of carbonyl (C=O) groups excluding carboxylic acids is 1. The first kappa shape index (κ1) is 20.1. The highest BCUT2D eigenvalue weighted by molar-refractivity contribution is 5.91. The van der Waals surface area contributed by atoms with Gasteiger partial charge in [0.1, 0.15) is 5.75 Å². The Labute approximate surface area is 187 Å². The fourth-order valence-corrected chi connectivity index (χ4v) is 4.12. The molecule has 5 rings (SSSR count). The number of para-hydroxylation sites is 1. The standard InChI is InChI=1S/C27H25N3O2/c1-32-24-14-12-20(13-15-24)25-21(19-30(29-25)23-10-6-3-7-11-23)18-28-26(31)27(16-17-27)22-8-4-2-5-9-22/h2-15,19H,16-18H2,1H3,(H,28,31). The molecule has 1 aliphatic carbocycles. The van der Waals surface area contributed by atoms with Gasteiger partial charge in [0, 0.05) is 23.9 Å². The van der Waals surface area contributed by atoms with Crippen molar-refractivity contribution in [2.24, 2.45) is 0 Å². The summed E-state index contributed by atoms with van der Waals surface area (Å²) in [6.07, 6.45) is 3.77. The van der Waals surface area contributed by atoms with E-state index < -0.39 is 5.41 Å². The highest BCUT2D eigenvalue weighted by Crippen LogP contribution is 2.48. The third-order valence-electron chi connectivity index (χ3n) is 6.12. The summed E-state index contributed by atoms with van der Waals surface area (Å²) in [6, 6.07) is 27.9. The Morgan fingerprint density at radius 3 is 2.25 bits per heavy atom. The Bertz CT molecular complexity index is 1210. The molecule has 5 nitrogen and oxygen atoms in total. The van der Waals surface area contributed by atoms with Crippen molar-refractivity contribution in [1.82, 2.24) is 15.1 Å². The van der Waals surface area contributed by atoms with Gasteiger partial charge in [-0.1, -0.05) is 48.5 Å². The zero-order valence-corrected chi connectivity index (χ0v) is 18.0. The van der Waals surface area contributed by atoms with Gasteiger partial charge in [0.05, 0.1) is 23.9 Å². The van der Waals surface area contributed by atoms with Crippen molar-refractivity contribution in [1.29, 1.82) is 0 Å². The fraction of sp³-hybridized carbons (Fsp3) is 0.185. The van der Waals surface area contributed by atoms with E-state index in [1.807, 2.05) is 95.8 Å². The Morgan fingerprint density at radius 2 is 1.62 bits per heavy atom. The van der Waals surface area contributed by atoms with Crippen LogP contribution >= 0.6 is 0 Å². The van der Waals surface area contributed by atoms with Crippen LogP contribution in [0.15, 0.2) is 91.1 Å². The van der Waals surface area contributed by atoms with E-state index in [-0.39, 0.29) is 5.91 Å². The second kappa shape index (κ2) is 8.35. The summed E-state index contributed by atoms with van der Waals surface area (Å²) in [5.41, 5.74) is 4.47. The number of aromatic nitrogens is 2. The van der Waals surface area contributed by atoms with E-state index in [9.17, 15) is 4.79 Å². The third kappa shape index (κ3) is 3.78. The number of hydrogen-bond acceptors (Lipinski definition) is 3. The first-order valence-electron chi connectivity index (χ1n) is 10.8. The Morgan fingerprint density at radius 1 is 0.969 bits per heavy atom. The van der Waals surface area contributed by atoms with Crippen LogP contribution in [0, 0.1) is 0 Å². The fourth-order valence-electron chi connectivity index (χ4n) is 4.12. The van der Waals surface area contributed by atoms with Gasteiger partial charge in [0.2, 0.25) is 5.91 Å². The van der Waals surface area contributed by atoms with Crippen molar-refractivity contribution in [2.75, 3.05) is 7.11 Å². The topological polar surface area (TPSA) is 56.1 Å². The second-order valence-electron chi connectivity index (χ2n) is 8.14. The first-order valence-corrected chi connectivity index (χ1v) is 10.8. The molecule has 0 aliphatic heterocycles. The van der Waals surface area contributed by atoms with Crippen molar-refractivity contribution in [3.05, 3.63) is 102 Å². The minimum Gasteiger partial charge on any atom is -0.497 e. The predicted molar refractivity (Wildman–Crippen MR) is 125 cm³/mol. The van der Waals surface area contributed by atoms with E-state index in [4.69, 9.17) is 9.84 Å². The summed E-state index contributed by atoms with van der Waals surface area (Å²) in [5.74, 6) is 0.876. The van der Waals surface area contributed by atoms with E-state index in [1.165, 1.54) is 0 Å². The highest BCUT2D eigenvalue weighted by Gasteiger charge is 2.51. The number of ether oxygens (including phenoxy) is 1. The molecule has 1 amide bonds. The molecule has 0 saturated heterocycles. The molecule has 1 fully saturated rings. The molecule has 160 valence electrons. The van der Waals surface area contributed by atoms with Crippen molar-refractivity contribution >= 4 is 5.91 Å². The first-order chi connectivity index (χ1) is 15.7. The van der Waals surface area contributed by atoms with Crippen LogP contribution in [-0.4, -0.2) is 22.8 Å². The molecule has 0 atom stereocenters. The lowest BCUT2D eigenvalue weighted by atomic mass is 9.95. The molecule has 1 saturated carbocycles. The van der Waals surface area contributed by atoms with Crippen LogP contribution in [0.2, 0.25) is 0 Å². The molecule has 32 heavy (non-hydrogen) atoms. The molecule has 0 spiro atoms. The minimum atomic E-state index is -0.392. The van der Waals surface area contributed by atoms with Crippen molar-refractivity contribution in [3.8, 4) is 22.7 Å². The van der Waals surface area contributed by atoms with Crippen molar-refractivity contribution in [3.63, 3.8) is 0 Å². The number of carbonyl (C=O) groups is 1. The van der Waals surface area contributed by atoms with E-state index in [0.29, 0.717) is 6.54 Å².